The third-order valence-corrected chi connectivity index (χ3v) is 5.26. The van der Waals surface area contributed by atoms with Gasteiger partial charge in [0, 0.05) is 5.41 Å². The van der Waals surface area contributed by atoms with Gasteiger partial charge in [-0.3, -0.25) is 9.59 Å². The first-order valence-electron chi connectivity index (χ1n) is 8.84. The number of carbonyl (C=O) groups excluding carboxylic acids is 2. The Morgan fingerprint density at radius 3 is 2.48 bits per heavy atom. The van der Waals surface area contributed by atoms with Gasteiger partial charge in [-0.2, -0.15) is 4.68 Å². The van der Waals surface area contributed by atoms with Crippen LogP contribution >= 0.6 is 11.3 Å². The van der Waals surface area contributed by atoms with Gasteiger partial charge in [-0.1, -0.05) is 20.8 Å². The summed E-state index contributed by atoms with van der Waals surface area (Å²) in [4.78, 5) is 25.3. The maximum absolute atomic E-state index is 14.3. The third-order valence-electron chi connectivity index (χ3n) is 4.11. The van der Waals surface area contributed by atoms with Crippen molar-refractivity contribution in [3.8, 4) is 5.69 Å². The number of anilines is 2. The molecule has 2 aromatic heterocycles. The molecule has 2 N–H and O–H groups in total. The molecule has 3 rings (SSSR count). The summed E-state index contributed by atoms with van der Waals surface area (Å²) >= 11 is 1.14. The molecule has 10 heteroatoms. The fourth-order valence-electron chi connectivity index (χ4n) is 2.46. The first-order chi connectivity index (χ1) is 13.6. The molecule has 0 aliphatic carbocycles. The summed E-state index contributed by atoms with van der Waals surface area (Å²) in [5.74, 6) is -0.667. The number of benzene rings is 1. The zero-order valence-corrected chi connectivity index (χ0v) is 17.5. The highest BCUT2D eigenvalue weighted by Crippen LogP contribution is 2.29. The van der Waals surface area contributed by atoms with Gasteiger partial charge in [0.05, 0.1) is 21.3 Å². The minimum atomic E-state index is -0.580. The van der Waals surface area contributed by atoms with Gasteiger partial charge in [-0.25, -0.2) is 4.39 Å². The van der Waals surface area contributed by atoms with Crippen LogP contribution in [0.5, 0.6) is 0 Å². The molecule has 0 bridgehead atoms. The van der Waals surface area contributed by atoms with Gasteiger partial charge in [0.1, 0.15) is 5.82 Å². The zero-order chi connectivity index (χ0) is 21.3. The molecule has 29 heavy (non-hydrogen) atoms. The summed E-state index contributed by atoms with van der Waals surface area (Å²) < 4.78 is 15.7. The number of aryl methyl sites for hydroxylation is 2. The van der Waals surface area contributed by atoms with E-state index in [2.05, 4.69) is 26.2 Å². The molecular formula is C19H21FN6O2S. The Kier molecular flexibility index (Phi) is 5.47. The van der Waals surface area contributed by atoms with Crippen molar-refractivity contribution in [1.82, 2.24) is 20.2 Å². The maximum atomic E-state index is 14.3. The second kappa shape index (κ2) is 7.70. The normalized spacial score (nSPS) is 11.4. The largest absolute Gasteiger partial charge is 0.319 e. The van der Waals surface area contributed by atoms with E-state index in [1.807, 2.05) is 0 Å². The predicted molar refractivity (Wildman–Crippen MR) is 109 cm³/mol. The van der Waals surface area contributed by atoms with Gasteiger partial charge in [0.15, 0.2) is 5.82 Å². The minimum Gasteiger partial charge on any atom is -0.319 e. The van der Waals surface area contributed by atoms with Crippen molar-refractivity contribution < 1.29 is 14.0 Å². The number of amides is 2. The molecular weight excluding hydrogens is 395 g/mol. The molecule has 8 nitrogen and oxygen atoms in total. The minimum absolute atomic E-state index is 0.00970. The van der Waals surface area contributed by atoms with E-state index in [1.54, 1.807) is 40.7 Å². The highest BCUT2D eigenvalue weighted by Gasteiger charge is 2.23. The molecule has 0 aliphatic rings. The lowest BCUT2D eigenvalue weighted by atomic mass is 9.96. The molecule has 152 valence electrons. The zero-order valence-electron chi connectivity index (χ0n) is 16.7. The van der Waals surface area contributed by atoms with Crippen LogP contribution in [0.25, 0.3) is 5.69 Å². The third kappa shape index (κ3) is 4.48. The Balaban J connectivity index is 1.82. The number of tetrazole rings is 1. The van der Waals surface area contributed by atoms with Crippen LogP contribution in [0.1, 0.15) is 41.8 Å². The summed E-state index contributed by atoms with van der Waals surface area (Å²) in [6.07, 6.45) is 0. The van der Waals surface area contributed by atoms with Gasteiger partial charge >= 0.3 is 0 Å². The van der Waals surface area contributed by atoms with Crippen molar-refractivity contribution in [2.45, 2.75) is 34.6 Å². The highest BCUT2D eigenvalue weighted by atomic mass is 32.1. The smallest absolute Gasteiger partial charge is 0.266 e. The molecule has 0 fully saturated rings. The molecule has 0 saturated heterocycles. The Bertz CT molecular complexity index is 1080. The SMILES string of the molecule is Cc1cc(NC(=O)C(C)(C)C)sc1C(=O)Nc1cc(-n2nnnc2C)ccc1F. The number of hydrogen-bond acceptors (Lipinski definition) is 6. The number of carbonyl (C=O) groups is 2. The van der Waals surface area contributed by atoms with Crippen molar-refractivity contribution in [3.05, 3.63) is 46.3 Å². The lowest BCUT2D eigenvalue weighted by Gasteiger charge is -2.16. The van der Waals surface area contributed by atoms with Crippen LogP contribution < -0.4 is 10.6 Å². The second-order valence-corrected chi connectivity index (χ2v) is 8.64. The Hall–Kier alpha value is -3.14. The quantitative estimate of drug-likeness (QED) is 0.675. The number of thiophene rings is 1. The van der Waals surface area contributed by atoms with E-state index < -0.39 is 17.1 Å². The highest BCUT2D eigenvalue weighted by molar-refractivity contribution is 7.18. The van der Waals surface area contributed by atoms with E-state index >= 15 is 0 Å². The summed E-state index contributed by atoms with van der Waals surface area (Å²) in [6.45, 7) is 8.88. The van der Waals surface area contributed by atoms with E-state index in [9.17, 15) is 14.0 Å². The number of nitrogens with one attached hydrogen (secondary N) is 2. The van der Waals surface area contributed by atoms with E-state index in [1.165, 1.54) is 22.9 Å². The molecule has 0 atom stereocenters. The second-order valence-electron chi connectivity index (χ2n) is 7.58. The molecule has 0 aliphatic heterocycles. The fourth-order valence-corrected chi connectivity index (χ4v) is 3.42. The summed E-state index contributed by atoms with van der Waals surface area (Å²) in [6, 6.07) is 5.94. The van der Waals surface area contributed by atoms with Crippen LogP contribution in [0.4, 0.5) is 15.1 Å². The Labute approximate surface area is 171 Å². The molecule has 2 heterocycles. The molecule has 0 spiro atoms. The fraction of sp³-hybridized carbons (Fsp3) is 0.316. The van der Waals surface area contributed by atoms with Crippen molar-refractivity contribution in [2.24, 2.45) is 5.41 Å². The van der Waals surface area contributed by atoms with E-state index in [0.29, 0.717) is 27.0 Å². The van der Waals surface area contributed by atoms with E-state index in [-0.39, 0.29) is 11.6 Å². The van der Waals surface area contributed by atoms with Crippen LogP contribution in [0.15, 0.2) is 24.3 Å². The van der Waals surface area contributed by atoms with Crippen LogP contribution in [0.3, 0.4) is 0 Å². The molecule has 0 saturated carbocycles. The maximum Gasteiger partial charge on any atom is 0.266 e. The van der Waals surface area contributed by atoms with Gasteiger partial charge in [-0.15, -0.1) is 16.4 Å². The van der Waals surface area contributed by atoms with Gasteiger partial charge in [-0.05, 0) is 54.1 Å². The average molecular weight is 416 g/mol. The summed E-state index contributed by atoms with van der Waals surface area (Å²) in [5, 5.41) is 17.2. The predicted octanol–water partition coefficient (Wildman–Crippen LogP) is 3.72. The number of aromatic nitrogens is 4. The average Bonchev–Trinajstić information content (AvgIpc) is 3.21. The Morgan fingerprint density at radius 2 is 1.86 bits per heavy atom. The lowest BCUT2D eigenvalue weighted by molar-refractivity contribution is -0.123. The number of hydrogen-bond donors (Lipinski definition) is 2. The number of halogens is 1. The van der Waals surface area contributed by atoms with E-state index in [0.717, 1.165) is 11.3 Å². The first-order valence-corrected chi connectivity index (χ1v) is 9.66. The summed E-state index contributed by atoms with van der Waals surface area (Å²) in [5.41, 5.74) is 0.656. The van der Waals surface area contributed by atoms with Crippen molar-refractivity contribution in [1.29, 1.82) is 0 Å². The monoisotopic (exact) mass is 416 g/mol. The van der Waals surface area contributed by atoms with Crippen molar-refractivity contribution in [2.75, 3.05) is 10.6 Å². The standard InChI is InChI=1S/C19H21FN6O2S/c1-10-8-15(22-18(28)19(3,4)5)29-16(10)17(27)21-14-9-12(6-7-13(14)20)26-11(2)23-24-25-26/h6-9H,1-5H3,(H,21,27)(H,22,28). The van der Waals surface area contributed by atoms with Crippen molar-refractivity contribution >= 4 is 33.8 Å². The molecule has 2 amide bonds. The number of rotatable bonds is 4. The number of nitrogens with zero attached hydrogens (tertiary/aromatic N) is 4. The lowest BCUT2D eigenvalue weighted by Crippen LogP contribution is -2.27. The first kappa shape index (κ1) is 20.6. The van der Waals surface area contributed by atoms with Crippen molar-refractivity contribution in [3.63, 3.8) is 0 Å². The van der Waals surface area contributed by atoms with Gasteiger partial charge in [0.2, 0.25) is 5.91 Å². The molecule has 0 radical (unpaired) electrons. The molecule has 1 aromatic carbocycles. The van der Waals surface area contributed by atoms with Crippen LogP contribution in [0.2, 0.25) is 0 Å². The van der Waals surface area contributed by atoms with Gasteiger partial charge in [0.25, 0.3) is 5.91 Å². The van der Waals surface area contributed by atoms with Gasteiger partial charge < -0.3 is 10.6 Å². The van der Waals surface area contributed by atoms with E-state index in [4.69, 9.17) is 0 Å². The van der Waals surface area contributed by atoms with Crippen LogP contribution in [-0.4, -0.2) is 32.0 Å². The Morgan fingerprint density at radius 1 is 1.14 bits per heavy atom. The topological polar surface area (TPSA) is 102 Å². The van der Waals surface area contributed by atoms with Crippen LogP contribution in [0, 0.1) is 25.1 Å². The molecule has 3 aromatic rings. The van der Waals surface area contributed by atoms with Crippen LogP contribution in [-0.2, 0) is 4.79 Å². The summed E-state index contributed by atoms with van der Waals surface area (Å²) in [7, 11) is 0. The molecule has 0 unspecified atom stereocenters.